The van der Waals surface area contributed by atoms with Crippen molar-refractivity contribution in [3.8, 4) is 12.3 Å². The molecule has 1 nitrogen and oxygen atoms in total. The minimum Gasteiger partial charge on any atom is -0.331 e. The van der Waals surface area contributed by atoms with Crippen LogP contribution < -0.4 is 5.73 Å². The van der Waals surface area contributed by atoms with Gasteiger partial charge in [0.25, 0.3) is 0 Å². The van der Waals surface area contributed by atoms with Gasteiger partial charge in [0.2, 0.25) is 0 Å². The molecule has 0 aliphatic carbocycles. The number of aryl methyl sites for hydroxylation is 2. The van der Waals surface area contributed by atoms with Crippen LogP contribution in [0.2, 0.25) is 0 Å². The van der Waals surface area contributed by atoms with Crippen LogP contribution in [0.1, 0.15) is 18.1 Å². The third kappa shape index (κ3) is 19.2. The molecule has 0 amide bonds. The Balaban J connectivity index is 0. The first-order chi connectivity index (χ1) is 14.0. The third-order valence-electron chi connectivity index (χ3n) is 3.12. The van der Waals surface area contributed by atoms with Crippen LogP contribution >= 0.6 is 0 Å². The van der Waals surface area contributed by atoms with Crippen molar-refractivity contribution in [3.05, 3.63) is 133 Å². The molecule has 2 rings (SSSR count). The van der Waals surface area contributed by atoms with Crippen LogP contribution in [0.3, 0.4) is 0 Å². The van der Waals surface area contributed by atoms with Gasteiger partial charge in [0.05, 0.1) is 0 Å². The van der Waals surface area contributed by atoms with Crippen LogP contribution in [0.5, 0.6) is 0 Å². The van der Waals surface area contributed by atoms with E-state index in [2.05, 4.69) is 63.8 Å². The van der Waals surface area contributed by atoms with Gasteiger partial charge in [-0.2, -0.15) is 0 Å². The Bertz CT molecular complexity index is 722. The van der Waals surface area contributed by atoms with Crippen molar-refractivity contribution >= 4 is 0 Å². The molecule has 0 aliphatic heterocycles. The highest BCUT2D eigenvalue weighted by molar-refractivity contribution is 5.49. The molecule has 0 saturated carbocycles. The van der Waals surface area contributed by atoms with Gasteiger partial charge in [-0.15, -0.1) is 6.42 Å². The fraction of sp³-hybridized carbons (Fsp3) is 0.143. The molecule has 0 aliphatic rings. The highest BCUT2D eigenvalue weighted by atomic mass is 14.5. The summed E-state index contributed by atoms with van der Waals surface area (Å²) in [5.41, 5.74) is 9.03. The molecular weight excluding hydrogens is 350 g/mol. The zero-order valence-corrected chi connectivity index (χ0v) is 18.1. The molecule has 0 bridgehead atoms. The van der Waals surface area contributed by atoms with Crippen molar-refractivity contribution < 1.29 is 0 Å². The number of hydrogen-bond acceptors (Lipinski definition) is 1. The minimum atomic E-state index is 0.646. The quantitative estimate of drug-likeness (QED) is 0.445. The van der Waals surface area contributed by atoms with Gasteiger partial charge in [-0.25, -0.2) is 0 Å². The summed E-state index contributed by atoms with van der Waals surface area (Å²) in [5.74, 6) is 2.46. The first kappa shape index (κ1) is 27.9. The molecule has 0 radical (unpaired) electrons. The number of benzene rings is 2. The average molecular weight is 386 g/mol. The van der Waals surface area contributed by atoms with E-state index in [-0.39, 0.29) is 0 Å². The highest BCUT2D eigenvalue weighted by Crippen LogP contribution is 2.08. The Kier molecular flexibility index (Phi) is 20.2. The second kappa shape index (κ2) is 21.0. The summed E-state index contributed by atoms with van der Waals surface area (Å²) in [6.07, 6.45) is 14.0. The number of rotatable bonds is 4. The summed E-state index contributed by atoms with van der Waals surface area (Å²) in [7, 11) is 0. The van der Waals surface area contributed by atoms with Gasteiger partial charge in [0, 0.05) is 5.57 Å². The molecule has 2 N–H and O–H groups in total. The molecule has 0 aromatic heterocycles. The van der Waals surface area contributed by atoms with Crippen LogP contribution in [0.4, 0.5) is 0 Å². The number of hydrogen-bond donors (Lipinski definition) is 1. The Hall–Kier alpha value is -3.34. The molecule has 0 unspecified atom stereocenters. The molecule has 29 heavy (non-hydrogen) atoms. The van der Waals surface area contributed by atoms with Crippen LogP contribution in [-0.4, -0.2) is 6.54 Å². The molecule has 0 atom stereocenters. The molecule has 0 fully saturated rings. The second-order valence-electron chi connectivity index (χ2n) is 5.79. The fourth-order valence-electron chi connectivity index (χ4n) is 1.66. The van der Waals surface area contributed by atoms with Crippen molar-refractivity contribution in [2.75, 3.05) is 6.54 Å². The molecule has 0 heterocycles. The van der Waals surface area contributed by atoms with Crippen LogP contribution in [0, 0.1) is 26.2 Å². The Labute approximate surface area is 178 Å². The Morgan fingerprint density at radius 2 is 1.31 bits per heavy atom. The summed E-state index contributed by atoms with van der Waals surface area (Å²) in [4.78, 5) is 0. The van der Waals surface area contributed by atoms with Crippen molar-refractivity contribution in [1.29, 1.82) is 0 Å². The van der Waals surface area contributed by atoms with Crippen LogP contribution in [-0.2, 0) is 0 Å². The van der Waals surface area contributed by atoms with E-state index in [9.17, 15) is 0 Å². The van der Waals surface area contributed by atoms with Crippen molar-refractivity contribution in [1.82, 2.24) is 0 Å². The van der Waals surface area contributed by atoms with E-state index < -0.39 is 0 Å². The van der Waals surface area contributed by atoms with Crippen molar-refractivity contribution in [2.24, 2.45) is 5.73 Å². The topological polar surface area (TPSA) is 26.0 Å². The SMILES string of the molecule is C#CC(=C)C(=CC=C)/C=C\C=C.CCN.Cc1ccc(C)cc1.c1ccccc1. The number of nitrogens with two attached hydrogens (primary N) is 1. The molecule has 1 heteroatoms. The fourth-order valence-corrected chi connectivity index (χ4v) is 1.66. The highest BCUT2D eigenvalue weighted by Gasteiger charge is 1.91. The molecule has 2 aromatic rings. The zero-order valence-electron chi connectivity index (χ0n) is 18.1. The standard InChI is InChI=1S/C12H12.C8H10.C6H6.C2H7N/c1-5-8-10-12(9-6-2)11(4)7-3;1-7-3-5-8(2)6-4-7;1-2-4-6-5-3-1;1-2-3/h3,5-6,8-10H,1-2,4H2;3-6H,1-2H3;1-6H;2-3H2,1H3/b10-8-,12-9?;;;. The van der Waals surface area contributed by atoms with E-state index in [0.717, 1.165) is 12.1 Å². The number of allylic oxidation sites excluding steroid dienone is 7. The summed E-state index contributed by atoms with van der Waals surface area (Å²) in [6, 6.07) is 20.5. The lowest BCUT2D eigenvalue weighted by molar-refractivity contribution is 1.14. The van der Waals surface area contributed by atoms with E-state index in [0.29, 0.717) is 5.57 Å². The first-order valence-corrected chi connectivity index (χ1v) is 9.47. The average Bonchev–Trinajstić information content (AvgIpc) is 2.75. The maximum absolute atomic E-state index is 5.19. The normalized spacial score (nSPS) is 9.28. The molecule has 2 aromatic carbocycles. The Morgan fingerprint density at radius 1 is 0.931 bits per heavy atom. The monoisotopic (exact) mass is 385 g/mol. The van der Waals surface area contributed by atoms with E-state index in [4.69, 9.17) is 12.2 Å². The maximum Gasteiger partial charge on any atom is 0.0243 e. The third-order valence-corrected chi connectivity index (χ3v) is 3.12. The first-order valence-electron chi connectivity index (χ1n) is 9.47. The van der Waals surface area contributed by atoms with Gasteiger partial charge < -0.3 is 5.73 Å². The molecule has 152 valence electrons. The van der Waals surface area contributed by atoms with Gasteiger partial charge in [-0.1, -0.05) is 135 Å². The lowest BCUT2D eigenvalue weighted by atomic mass is 10.1. The molecule has 0 saturated heterocycles. The van der Waals surface area contributed by atoms with Gasteiger partial charge in [0.15, 0.2) is 0 Å². The summed E-state index contributed by atoms with van der Waals surface area (Å²) in [6.45, 7) is 17.7. The predicted octanol–water partition coefficient (Wildman–Crippen LogP) is 6.99. The van der Waals surface area contributed by atoms with Gasteiger partial charge in [0.1, 0.15) is 0 Å². The van der Waals surface area contributed by atoms with Gasteiger partial charge >= 0.3 is 0 Å². The minimum absolute atomic E-state index is 0.646. The van der Waals surface area contributed by atoms with E-state index in [1.54, 1.807) is 18.2 Å². The molecular formula is C28H35N. The van der Waals surface area contributed by atoms with Gasteiger partial charge in [-0.3, -0.25) is 0 Å². The zero-order chi connectivity index (χ0) is 22.3. The van der Waals surface area contributed by atoms with E-state index in [1.165, 1.54) is 11.1 Å². The lowest BCUT2D eigenvalue weighted by Gasteiger charge is -1.95. The molecule has 0 spiro atoms. The summed E-state index contributed by atoms with van der Waals surface area (Å²) in [5, 5.41) is 0. The lowest BCUT2D eigenvalue weighted by Crippen LogP contribution is -1.87. The van der Waals surface area contributed by atoms with Crippen molar-refractivity contribution in [3.63, 3.8) is 0 Å². The van der Waals surface area contributed by atoms with Crippen molar-refractivity contribution in [2.45, 2.75) is 20.8 Å². The van der Waals surface area contributed by atoms with Gasteiger partial charge in [-0.05, 0) is 26.0 Å². The van der Waals surface area contributed by atoms with Crippen LogP contribution in [0.25, 0.3) is 0 Å². The smallest absolute Gasteiger partial charge is 0.0243 e. The second-order valence-corrected chi connectivity index (χ2v) is 5.79. The summed E-state index contributed by atoms with van der Waals surface area (Å²) < 4.78 is 0. The van der Waals surface area contributed by atoms with E-state index >= 15 is 0 Å². The number of terminal acetylenes is 1. The summed E-state index contributed by atoms with van der Waals surface area (Å²) >= 11 is 0. The Morgan fingerprint density at radius 3 is 1.59 bits per heavy atom. The van der Waals surface area contributed by atoms with E-state index in [1.807, 2.05) is 55.5 Å². The largest absolute Gasteiger partial charge is 0.331 e. The van der Waals surface area contributed by atoms with Crippen LogP contribution in [0.15, 0.2) is 122 Å². The maximum atomic E-state index is 5.19. The predicted molar refractivity (Wildman–Crippen MR) is 133 cm³/mol.